The fourth-order valence-electron chi connectivity index (χ4n) is 5.07. The monoisotopic (exact) mass is 694 g/mol. The first-order valence-electron chi connectivity index (χ1n) is 12.5. The Labute approximate surface area is 253 Å². The molecule has 0 amide bonds. The SMILES string of the molecule is Nc1nc2c(ncn2[C@@H]2O[C@@H]3OP(=O)(S)O[C@H]4[C@@H](F)[C@H](n5cnc6c(N)ncnc65)O[C@@H]4COP(=O)(S)O[C@@H]2[C@@H]3O)c(=O)[nH]1. The highest BCUT2D eigenvalue weighted by Gasteiger charge is 2.55. The fourth-order valence-corrected chi connectivity index (χ4v) is 8.18. The highest BCUT2D eigenvalue weighted by Crippen LogP contribution is 2.62. The van der Waals surface area contributed by atoms with Gasteiger partial charge in [0.2, 0.25) is 5.95 Å². The summed E-state index contributed by atoms with van der Waals surface area (Å²) in [6, 6.07) is 0. The molecule has 20 nitrogen and oxygen atoms in total. The van der Waals surface area contributed by atoms with Crippen molar-refractivity contribution in [2.45, 2.75) is 49.3 Å². The number of hydrogen-bond donors (Lipinski definition) is 6. The molecule has 10 atom stereocenters. The minimum Gasteiger partial charge on any atom is -0.385 e. The third-order valence-corrected chi connectivity index (χ3v) is 10.1. The molecule has 2 unspecified atom stereocenters. The summed E-state index contributed by atoms with van der Waals surface area (Å²) in [6.45, 7) is -9.67. The quantitative estimate of drug-likeness (QED) is 0.123. The van der Waals surface area contributed by atoms with Gasteiger partial charge in [-0.2, -0.15) is 4.98 Å². The van der Waals surface area contributed by atoms with E-state index in [1.165, 1.54) is 10.9 Å². The lowest BCUT2D eigenvalue weighted by atomic mass is 10.1. The van der Waals surface area contributed by atoms with Crippen LogP contribution >= 0.6 is 38.1 Å². The first-order chi connectivity index (χ1) is 20.8. The lowest BCUT2D eigenvalue weighted by Gasteiger charge is -2.28. The van der Waals surface area contributed by atoms with Crippen LogP contribution in [0.4, 0.5) is 16.2 Å². The first-order valence-corrected chi connectivity index (χ1v) is 17.8. The summed E-state index contributed by atoms with van der Waals surface area (Å²) >= 11 is 7.98. The number of rotatable bonds is 2. The van der Waals surface area contributed by atoms with Gasteiger partial charge in [0, 0.05) is 0 Å². The number of imidazole rings is 2. The summed E-state index contributed by atoms with van der Waals surface area (Å²) in [5, 5.41) is 11.1. The van der Waals surface area contributed by atoms with Crippen LogP contribution in [-0.4, -0.2) is 87.6 Å². The van der Waals surface area contributed by atoms with Crippen molar-refractivity contribution >= 4 is 72.2 Å². The molecule has 3 aliphatic heterocycles. The van der Waals surface area contributed by atoms with Crippen LogP contribution in [0.1, 0.15) is 12.5 Å². The lowest BCUT2D eigenvalue weighted by molar-refractivity contribution is -0.130. The second-order valence-corrected chi connectivity index (χ2v) is 15.4. The van der Waals surface area contributed by atoms with E-state index in [2.05, 4.69) is 54.4 Å². The van der Waals surface area contributed by atoms with Crippen molar-refractivity contribution in [1.82, 2.24) is 39.0 Å². The van der Waals surface area contributed by atoms with Crippen molar-refractivity contribution in [1.29, 1.82) is 0 Å². The van der Waals surface area contributed by atoms with E-state index in [4.69, 9.17) is 39.0 Å². The van der Waals surface area contributed by atoms with Gasteiger partial charge in [-0.15, -0.1) is 0 Å². The smallest absolute Gasteiger partial charge is 0.385 e. The van der Waals surface area contributed by atoms with Gasteiger partial charge in [-0.3, -0.25) is 37.0 Å². The van der Waals surface area contributed by atoms with Crippen LogP contribution < -0.4 is 17.0 Å². The highest BCUT2D eigenvalue weighted by molar-refractivity contribution is 8.44. The van der Waals surface area contributed by atoms with E-state index < -0.39 is 75.1 Å². The Morgan fingerprint density at radius 2 is 1.66 bits per heavy atom. The number of fused-ring (bicyclic) bond motifs is 5. The number of nitrogens with zero attached hydrogens (tertiary/aromatic N) is 7. The van der Waals surface area contributed by atoms with Gasteiger partial charge in [0.05, 0.1) is 19.3 Å². The maximum absolute atomic E-state index is 16.0. The number of H-pyrrole nitrogens is 1. The zero-order valence-corrected chi connectivity index (χ0v) is 25.2. The van der Waals surface area contributed by atoms with E-state index in [-0.39, 0.29) is 34.1 Å². The molecule has 0 radical (unpaired) electrons. The minimum absolute atomic E-state index is 0.0382. The summed E-state index contributed by atoms with van der Waals surface area (Å²) in [7, 11) is 0. The molecule has 4 aromatic heterocycles. The zero-order chi connectivity index (χ0) is 31.1. The van der Waals surface area contributed by atoms with Crippen LogP contribution in [0.25, 0.3) is 22.3 Å². The molecule has 236 valence electrons. The predicted octanol–water partition coefficient (Wildman–Crippen LogP) is 0.468. The van der Waals surface area contributed by atoms with Crippen molar-refractivity contribution < 1.29 is 46.2 Å². The molecule has 2 bridgehead atoms. The zero-order valence-electron chi connectivity index (χ0n) is 21.6. The summed E-state index contributed by atoms with van der Waals surface area (Å²) in [5.74, 6) is -0.225. The second kappa shape index (κ2) is 10.7. The Morgan fingerprint density at radius 1 is 0.955 bits per heavy atom. The van der Waals surface area contributed by atoms with Crippen LogP contribution in [0.2, 0.25) is 0 Å². The van der Waals surface area contributed by atoms with Gasteiger partial charge >= 0.3 is 13.6 Å². The second-order valence-electron chi connectivity index (χ2n) is 9.73. The van der Waals surface area contributed by atoms with Crippen LogP contribution in [0.15, 0.2) is 23.8 Å². The van der Waals surface area contributed by atoms with Gasteiger partial charge in [0.1, 0.15) is 36.3 Å². The van der Waals surface area contributed by atoms with E-state index in [9.17, 15) is 19.0 Å². The number of aromatic amines is 1. The number of ether oxygens (including phenoxy) is 2. The molecular formula is C19H21FN10O10P2S2. The normalized spacial score (nSPS) is 38.0. The summed E-state index contributed by atoms with van der Waals surface area (Å²) < 4.78 is 78.7. The third-order valence-electron chi connectivity index (χ3n) is 6.97. The van der Waals surface area contributed by atoms with E-state index in [1.54, 1.807) is 0 Å². The number of hydrogen-bond acceptors (Lipinski definition) is 17. The molecule has 3 saturated heterocycles. The molecule has 0 aliphatic carbocycles. The fraction of sp³-hybridized carbons (Fsp3) is 0.474. The van der Waals surface area contributed by atoms with Crippen molar-refractivity contribution in [2.75, 3.05) is 18.1 Å². The number of alkyl halides is 1. The number of aliphatic hydroxyl groups excluding tert-OH is 1. The Morgan fingerprint density at radius 3 is 2.43 bits per heavy atom. The van der Waals surface area contributed by atoms with Crippen molar-refractivity contribution in [3.8, 4) is 0 Å². The van der Waals surface area contributed by atoms with Crippen molar-refractivity contribution in [3.63, 3.8) is 0 Å². The molecule has 0 spiro atoms. The third kappa shape index (κ3) is 5.10. The molecule has 0 saturated carbocycles. The number of anilines is 2. The van der Waals surface area contributed by atoms with Gasteiger partial charge < -0.3 is 26.0 Å². The maximum Gasteiger partial charge on any atom is 0.388 e. The number of aromatic nitrogens is 8. The Balaban J connectivity index is 1.22. The first kappa shape index (κ1) is 30.0. The van der Waals surface area contributed by atoms with Crippen molar-refractivity contribution in [2.24, 2.45) is 0 Å². The van der Waals surface area contributed by atoms with Crippen LogP contribution in [0.3, 0.4) is 0 Å². The van der Waals surface area contributed by atoms with Gasteiger partial charge in [0.25, 0.3) is 5.56 Å². The van der Waals surface area contributed by atoms with Gasteiger partial charge in [-0.05, 0) is 0 Å². The molecule has 6 N–H and O–H groups in total. The molecule has 4 aromatic rings. The standard InChI is InChI=1S/C19H21FN10O10P2S2/c20-6-10-5(36-16(6)29-3-25-7-12(21)23-2-24-13(7)29)1-35-41(33,43)39-11-9(31)18(40-42(34,44)38-10)37-17(11)30-4-26-8-14(30)27-19(22)28-15(8)32/h2-6,9-11,16-18,31H,1H2,(H,33,43)(H,34,44)(H2,21,23,24)(H3,22,27,28,32)/t5-,6-,9+,10-,11-,16-,17-,18-,41?,42?/m1/s1. The van der Waals surface area contributed by atoms with E-state index in [1.807, 2.05) is 0 Å². The largest absolute Gasteiger partial charge is 0.388 e. The van der Waals surface area contributed by atoms with E-state index in [0.717, 1.165) is 17.2 Å². The number of nitrogen functional groups attached to an aromatic ring is 2. The highest BCUT2D eigenvalue weighted by atomic mass is 32.7. The molecule has 3 aliphatic rings. The van der Waals surface area contributed by atoms with Crippen LogP contribution in [0, 0.1) is 0 Å². The minimum atomic E-state index is -4.58. The Bertz CT molecular complexity index is 1930. The molecule has 44 heavy (non-hydrogen) atoms. The number of thiol groups is 2. The van der Waals surface area contributed by atoms with E-state index >= 15 is 4.39 Å². The summed E-state index contributed by atoms with van der Waals surface area (Å²) in [6.07, 6.45) is -9.89. The average molecular weight is 695 g/mol. The Kier molecular flexibility index (Phi) is 7.29. The van der Waals surface area contributed by atoms with Crippen LogP contribution in [0.5, 0.6) is 0 Å². The maximum atomic E-state index is 16.0. The molecule has 25 heteroatoms. The Hall–Kier alpha value is -2.69. The molecular weight excluding hydrogens is 673 g/mol. The van der Waals surface area contributed by atoms with Gasteiger partial charge in [-0.1, -0.05) is 24.5 Å². The van der Waals surface area contributed by atoms with Gasteiger partial charge in [0.15, 0.2) is 47.5 Å². The average Bonchev–Trinajstić information content (AvgIpc) is 3.70. The topological polar surface area (TPSA) is 269 Å². The lowest BCUT2D eigenvalue weighted by Crippen LogP contribution is -2.37. The van der Waals surface area contributed by atoms with Gasteiger partial charge in [-0.25, -0.2) is 33.5 Å². The van der Waals surface area contributed by atoms with Crippen LogP contribution in [-0.2, 0) is 36.7 Å². The molecule has 7 heterocycles. The summed E-state index contributed by atoms with van der Waals surface area (Å²) in [5.41, 5.74) is 10.9. The number of nitrogens with one attached hydrogen (secondary N) is 1. The molecule has 0 aromatic carbocycles. The number of nitrogens with two attached hydrogens (primary N) is 2. The summed E-state index contributed by atoms with van der Waals surface area (Å²) in [4.78, 5) is 34.6. The number of halogens is 1. The predicted molar refractivity (Wildman–Crippen MR) is 151 cm³/mol. The number of aliphatic hydroxyl groups is 1. The van der Waals surface area contributed by atoms with Crippen molar-refractivity contribution in [3.05, 3.63) is 29.3 Å². The molecule has 7 rings (SSSR count). The molecule has 3 fully saturated rings. The van der Waals surface area contributed by atoms with E-state index in [0.29, 0.717) is 0 Å².